The van der Waals surface area contributed by atoms with Crippen LogP contribution in [0.3, 0.4) is 0 Å². The van der Waals surface area contributed by atoms with Crippen LogP contribution >= 0.6 is 11.8 Å². The SMILES string of the molecule is Cc1nn(-c2ccc(Sc3cccc(C4(C#N)CCOCC4)c3)cc2)c(=O)n1CC1CC1. The number of nitrogens with zero attached hydrogens (tertiary/aromatic N) is 4. The average Bonchev–Trinajstić information content (AvgIpc) is 3.61. The minimum atomic E-state index is -0.461. The van der Waals surface area contributed by atoms with Gasteiger partial charge in [0.1, 0.15) is 5.82 Å². The molecule has 1 aromatic heterocycles. The van der Waals surface area contributed by atoms with Gasteiger partial charge in [0.15, 0.2) is 0 Å². The summed E-state index contributed by atoms with van der Waals surface area (Å²) in [6.45, 7) is 3.92. The van der Waals surface area contributed by atoms with Gasteiger partial charge >= 0.3 is 5.69 Å². The number of nitriles is 1. The third kappa shape index (κ3) is 4.13. The van der Waals surface area contributed by atoms with Crippen molar-refractivity contribution in [2.45, 2.75) is 54.4 Å². The van der Waals surface area contributed by atoms with Gasteiger partial charge in [0.25, 0.3) is 0 Å². The predicted molar refractivity (Wildman–Crippen MR) is 123 cm³/mol. The monoisotopic (exact) mass is 446 g/mol. The molecule has 5 rings (SSSR count). The van der Waals surface area contributed by atoms with Crippen molar-refractivity contribution in [2.24, 2.45) is 5.92 Å². The van der Waals surface area contributed by atoms with Crippen LogP contribution in [-0.2, 0) is 16.7 Å². The number of hydrogen-bond donors (Lipinski definition) is 0. The van der Waals surface area contributed by atoms with Crippen molar-refractivity contribution in [3.8, 4) is 11.8 Å². The number of aryl methyl sites for hydroxylation is 1. The molecule has 2 aromatic carbocycles. The lowest BCUT2D eigenvalue weighted by molar-refractivity contribution is 0.0675. The molecule has 2 aliphatic rings. The fourth-order valence-electron chi connectivity index (χ4n) is 4.26. The van der Waals surface area contributed by atoms with E-state index in [4.69, 9.17) is 4.74 Å². The minimum Gasteiger partial charge on any atom is -0.381 e. The van der Waals surface area contributed by atoms with Gasteiger partial charge in [-0.25, -0.2) is 4.79 Å². The van der Waals surface area contributed by atoms with E-state index in [1.54, 1.807) is 16.3 Å². The summed E-state index contributed by atoms with van der Waals surface area (Å²) in [6, 6.07) is 18.7. The molecule has 0 spiro atoms. The molecule has 0 radical (unpaired) electrons. The van der Waals surface area contributed by atoms with Crippen molar-refractivity contribution < 1.29 is 4.74 Å². The van der Waals surface area contributed by atoms with Crippen LogP contribution in [0.1, 0.15) is 37.1 Å². The molecule has 0 bridgehead atoms. The van der Waals surface area contributed by atoms with Crippen LogP contribution in [0.5, 0.6) is 0 Å². The molecule has 7 heteroatoms. The smallest absolute Gasteiger partial charge is 0.350 e. The topological polar surface area (TPSA) is 72.8 Å². The summed E-state index contributed by atoms with van der Waals surface area (Å²) in [6.07, 6.45) is 3.86. The maximum atomic E-state index is 12.8. The van der Waals surface area contributed by atoms with E-state index in [0.29, 0.717) is 19.1 Å². The first-order valence-electron chi connectivity index (χ1n) is 11.1. The van der Waals surface area contributed by atoms with E-state index in [-0.39, 0.29) is 5.69 Å². The van der Waals surface area contributed by atoms with E-state index in [9.17, 15) is 10.1 Å². The molecular weight excluding hydrogens is 420 g/mol. The van der Waals surface area contributed by atoms with Crippen LogP contribution < -0.4 is 5.69 Å². The second kappa shape index (κ2) is 8.61. The van der Waals surface area contributed by atoms with Crippen molar-refractivity contribution in [1.82, 2.24) is 14.3 Å². The van der Waals surface area contributed by atoms with Crippen LogP contribution in [0.15, 0.2) is 63.1 Å². The Kier molecular flexibility index (Phi) is 5.66. The van der Waals surface area contributed by atoms with Gasteiger partial charge in [0.2, 0.25) is 0 Å². The Balaban J connectivity index is 1.35. The second-order valence-electron chi connectivity index (χ2n) is 8.73. The first-order valence-corrected chi connectivity index (χ1v) is 11.9. The molecule has 0 amide bonds. The van der Waals surface area contributed by atoms with Crippen molar-refractivity contribution in [1.29, 1.82) is 5.26 Å². The molecule has 1 saturated heterocycles. The normalized spacial score (nSPS) is 17.8. The van der Waals surface area contributed by atoms with Crippen molar-refractivity contribution in [3.05, 3.63) is 70.4 Å². The second-order valence-corrected chi connectivity index (χ2v) is 9.87. The van der Waals surface area contributed by atoms with Gasteiger partial charge in [-0.1, -0.05) is 23.9 Å². The molecule has 0 N–H and O–H groups in total. The largest absolute Gasteiger partial charge is 0.381 e. The number of ether oxygens (including phenoxy) is 1. The number of rotatable bonds is 6. The van der Waals surface area contributed by atoms with Gasteiger partial charge in [-0.05, 0) is 80.5 Å². The molecule has 3 aromatic rings. The molecule has 1 aliphatic heterocycles. The first-order chi connectivity index (χ1) is 15.6. The quantitative estimate of drug-likeness (QED) is 0.558. The molecule has 164 valence electrons. The summed E-state index contributed by atoms with van der Waals surface area (Å²) < 4.78 is 8.75. The average molecular weight is 447 g/mol. The highest BCUT2D eigenvalue weighted by atomic mass is 32.2. The van der Waals surface area contributed by atoms with Gasteiger partial charge in [0.05, 0.1) is 17.2 Å². The minimum absolute atomic E-state index is 0.0687. The zero-order valence-electron chi connectivity index (χ0n) is 18.2. The summed E-state index contributed by atoms with van der Waals surface area (Å²) in [7, 11) is 0. The maximum absolute atomic E-state index is 12.8. The van der Waals surface area contributed by atoms with Crippen molar-refractivity contribution >= 4 is 11.8 Å². The predicted octanol–water partition coefficient (Wildman–Crippen LogP) is 4.48. The van der Waals surface area contributed by atoms with Crippen LogP contribution in [0.25, 0.3) is 5.69 Å². The summed E-state index contributed by atoms with van der Waals surface area (Å²) in [5.74, 6) is 1.39. The molecule has 2 fully saturated rings. The molecule has 1 aliphatic carbocycles. The fraction of sp³-hybridized carbons (Fsp3) is 0.400. The Labute approximate surface area is 191 Å². The van der Waals surface area contributed by atoms with Gasteiger partial charge in [-0.15, -0.1) is 0 Å². The highest BCUT2D eigenvalue weighted by Crippen LogP contribution is 2.37. The molecule has 2 heterocycles. The standard InChI is InChI=1S/C25H26N4O2S/c1-18-27-29(24(30)28(18)16-19-5-6-19)21-7-9-22(10-8-21)32-23-4-2-3-20(15-23)25(17-26)11-13-31-14-12-25/h2-4,7-10,15,19H,5-6,11-14,16H2,1H3. The maximum Gasteiger partial charge on any atom is 0.350 e. The van der Waals surface area contributed by atoms with Crippen LogP contribution in [-0.4, -0.2) is 27.6 Å². The van der Waals surface area contributed by atoms with E-state index >= 15 is 0 Å². The van der Waals surface area contributed by atoms with Gasteiger partial charge in [-0.2, -0.15) is 15.0 Å². The van der Waals surface area contributed by atoms with Gasteiger partial charge < -0.3 is 4.74 Å². The van der Waals surface area contributed by atoms with E-state index in [1.165, 1.54) is 17.5 Å². The molecular formula is C25H26N4O2S. The van der Waals surface area contributed by atoms with Crippen molar-refractivity contribution in [3.63, 3.8) is 0 Å². The first kappa shape index (κ1) is 21.0. The van der Waals surface area contributed by atoms with E-state index in [0.717, 1.165) is 46.3 Å². The fourth-order valence-corrected chi connectivity index (χ4v) is 5.14. The molecule has 6 nitrogen and oxygen atoms in total. The van der Waals surface area contributed by atoms with E-state index < -0.39 is 5.41 Å². The van der Waals surface area contributed by atoms with E-state index in [2.05, 4.69) is 29.4 Å². The molecule has 0 unspecified atom stereocenters. The zero-order chi connectivity index (χ0) is 22.1. The number of aromatic nitrogens is 3. The summed E-state index contributed by atoms with van der Waals surface area (Å²) in [5.41, 5.74) is 1.31. The van der Waals surface area contributed by atoms with Crippen molar-refractivity contribution in [2.75, 3.05) is 13.2 Å². The third-order valence-electron chi connectivity index (χ3n) is 6.45. The zero-order valence-corrected chi connectivity index (χ0v) is 19.0. The molecule has 1 saturated carbocycles. The Morgan fingerprint density at radius 2 is 1.91 bits per heavy atom. The number of hydrogen-bond acceptors (Lipinski definition) is 5. The lowest BCUT2D eigenvalue weighted by Gasteiger charge is -2.31. The van der Waals surface area contributed by atoms with E-state index in [1.807, 2.05) is 37.3 Å². The Morgan fingerprint density at radius 3 is 2.59 bits per heavy atom. The Hall–Kier alpha value is -2.82. The highest BCUT2D eigenvalue weighted by molar-refractivity contribution is 7.99. The van der Waals surface area contributed by atoms with Crippen LogP contribution in [0.4, 0.5) is 0 Å². The van der Waals surface area contributed by atoms with Crippen LogP contribution in [0, 0.1) is 24.2 Å². The Bertz CT molecular complexity index is 1210. The third-order valence-corrected chi connectivity index (χ3v) is 7.45. The number of benzene rings is 2. The molecule has 0 atom stereocenters. The lowest BCUT2D eigenvalue weighted by Crippen LogP contribution is -2.32. The molecule has 32 heavy (non-hydrogen) atoms. The lowest BCUT2D eigenvalue weighted by atomic mass is 9.75. The summed E-state index contributed by atoms with van der Waals surface area (Å²) in [4.78, 5) is 15.0. The van der Waals surface area contributed by atoms with Crippen LogP contribution in [0.2, 0.25) is 0 Å². The van der Waals surface area contributed by atoms with Gasteiger partial charge in [0, 0.05) is 29.5 Å². The van der Waals surface area contributed by atoms with Gasteiger partial charge in [-0.3, -0.25) is 4.57 Å². The summed E-state index contributed by atoms with van der Waals surface area (Å²) >= 11 is 1.65. The Morgan fingerprint density at radius 1 is 1.16 bits per heavy atom. The summed E-state index contributed by atoms with van der Waals surface area (Å²) in [5, 5.41) is 14.3. The highest BCUT2D eigenvalue weighted by Gasteiger charge is 2.34.